The van der Waals surface area contributed by atoms with Crippen LogP contribution in [0, 0.1) is 18.4 Å². The lowest BCUT2D eigenvalue weighted by molar-refractivity contribution is -0.118. The van der Waals surface area contributed by atoms with Crippen molar-refractivity contribution in [3.8, 4) is 12.3 Å². The summed E-state index contributed by atoms with van der Waals surface area (Å²) in [6.07, 6.45) is 11.3. The maximum atomic E-state index is 13.9. The van der Waals surface area contributed by atoms with E-state index in [0.29, 0.717) is 42.8 Å². The Kier molecular flexibility index (Phi) is 5.85. The molecule has 0 bridgehead atoms. The van der Waals surface area contributed by atoms with Crippen molar-refractivity contribution < 1.29 is 9.18 Å². The van der Waals surface area contributed by atoms with Gasteiger partial charge in [0.2, 0.25) is 5.91 Å². The number of unbranched alkanes of at least 4 members (excludes halogenated alkanes) is 2. The molecule has 0 fully saturated rings. The Morgan fingerprint density at radius 3 is 2.68 bits per heavy atom. The van der Waals surface area contributed by atoms with Gasteiger partial charge in [0.15, 0.2) is 17.0 Å². The number of nitrogens with zero attached hydrogens (tertiary/aromatic N) is 4. The van der Waals surface area contributed by atoms with E-state index in [4.69, 9.17) is 17.9 Å². The molecule has 0 saturated carbocycles. The summed E-state index contributed by atoms with van der Waals surface area (Å²) in [4.78, 5) is 23.2. The lowest BCUT2D eigenvalue weighted by Gasteiger charge is -2.11. The molecule has 2 heterocycles. The van der Waals surface area contributed by atoms with E-state index in [0.717, 1.165) is 43.2 Å². The zero-order valence-electron chi connectivity index (χ0n) is 17.3. The quantitative estimate of drug-likeness (QED) is 0.330. The molecule has 160 valence electrons. The Morgan fingerprint density at radius 2 is 1.94 bits per heavy atom. The number of halogens is 1. The molecule has 1 aliphatic carbocycles. The standard InChI is InChI=1S/C23H25FN6O/c1-2-14-11-15-7-6-8-16(15)12-17(14)13-19-27-20-21(26)28-23(24)29-22(20)30(19)10-5-3-4-9-18(25)31/h1,11-12H,3-10,13H2,(H2,25,31)(H2,26,28,29). The van der Waals surface area contributed by atoms with Crippen molar-refractivity contribution in [2.75, 3.05) is 5.73 Å². The van der Waals surface area contributed by atoms with Crippen LogP contribution in [0.4, 0.5) is 10.2 Å². The molecule has 2 aromatic heterocycles. The number of hydrogen-bond acceptors (Lipinski definition) is 5. The SMILES string of the molecule is C#Cc1cc2c(cc1Cc1nc3c(N)nc(F)nc3n1CCCCCC(N)=O)CCC2. The zero-order chi connectivity index (χ0) is 22.0. The van der Waals surface area contributed by atoms with Crippen LogP contribution in [-0.4, -0.2) is 25.4 Å². The molecule has 7 nitrogen and oxygen atoms in total. The third-order valence-corrected chi connectivity index (χ3v) is 5.80. The number of amides is 1. The number of nitrogens with two attached hydrogens (primary N) is 2. The summed E-state index contributed by atoms with van der Waals surface area (Å²) in [5, 5.41) is 0. The first kappa shape index (κ1) is 20.8. The molecule has 1 aromatic carbocycles. The van der Waals surface area contributed by atoms with Gasteiger partial charge in [-0.25, -0.2) is 4.98 Å². The van der Waals surface area contributed by atoms with Crippen LogP contribution in [0.15, 0.2) is 12.1 Å². The van der Waals surface area contributed by atoms with Crippen molar-refractivity contribution in [2.24, 2.45) is 5.73 Å². The number of rotatable bonds is 8. The van der Waals surface area contributed by atoms with E-state index in [9.17, 15) is 9.18 Å². The summed E-state index contributed by atoms with van der Waals surface area (Å²) in [6.45, 7) is 0.566. The van der Waals surface area contributed by atoms with E-state index in [2.05, 4.69) is 33.0 Å². The van der Waals surface area contributed by atoms with Crippen LogP contribution < -0.4 is 11.5 Å². The predicted octanol–water partition coefficient (Wildman–Crippen LogP) is 2.65. The largest absolute Gasteiger partial charge is 0.382 e. The normalized spacial score (nSPS) is 12.8. The molecule has 0 spiro atoms. The molecule has 4 N–H and O–H groups in total. The van der Waals surface area contributed by atoms with Crippen LogP contribution >= 0.6 is 0 Å². The number of hydrogen-bond donors (Lipinski definition) is 2. The van der Waals surface area contributed by atoms with Crippen LogP contribution in [0.25, 0.3) is 11.2 Å². The molecule has 1 amide bonds. The second-order valence-corrected chi connectivity index (χ2v) is 7.96. The number of aryl methyl sites for hydroxylation is 3. The van der Waals surface area contributed by atoms with Crippen molar-refractivity contribution in [1.29, 1.82) is 0 Å². The first-order chi connectivity index (χ1) is 15.0. The molecule has 1 aliphatic rings. The minimum absolute atomic E-state index is 0.0161. The summed E-state index contributed by atoms with van der Waals surface area (Å²) in [7, 11) is 0. The zero-order valence-corrected chi connectivity index (χ0v) is 17.3. The van der Waals surface area contributed by atoms with Gasteiger partial charge in [0.05, 0.1) is 0 Å². The highest BCUT2D eigenvalue weighted by atomic mass is 19.1. The van der Waals surface area contributed by atoms with E-state index < -0.39 is 6.08 Å². The number of carbonyl (C=O) groups excluding carboxylic acids is 1. The van der Waals surface area contributed by atoms with Gasteiger partial charge in [-0.15, -0.1) is 6.42 Å². The lowest BCUT2D eigenvalue weighted by Crippen LogP contribution is -2.10. The fourth-order valence-electron chi connectivity index (χ4n) is 4.28. The van der Waals surface area contributed by atoms with E-state index in [1.807, 2.05) is 4.57 Å². The average molecular weight is 420 g/mol. The van der Waals surface area contributed by atoms with Crippen LogP contribution in [0.1, 0.15) is 60.2 Å². The van der Waals surface area contributed by atoms with Gasteiger partial charge >= 0.3 is 6.08 Å². The predicted molar refractivity (Wildman–Crippen MR) is 117 cm³/mol. The van der Waals surface area contributed by atoms with E-state index >= 15 is 0 Å². The van der Waals surface area contributed by atoms with Crippen LogP contribution in [-0.2, 0) is 30.6 Å². The maximum absolute atomic E-state index is 13.9. The molecular formula is C23H25FN6O. The number of carbonyl (C=O) groups is 1. The lowest BCUT2D eigenvalue weighted by atomic mass is 9.98. The van der Waals surface area contributed by atoms with Gasteiger partial charge in [-0.05, 0) is 54.9 Å². The summed E-state index contributed by atoms with van der Waals surface area (Å²) >= 11 is 0. The summed E-state index contributed by atoms with van der Waals surface area (Å²) < 4.78 is 15.8. The van der Waals surface area contributed by atoms with Crippen LogP contribution in [0.2, 0.25) is 0 Å². The number of nitrogen functional groups attached to an aromatic ring is 1. The number of primary amides is 1. The second kappa shape index (κ2) is 8.72. The highest BCUT2D eigenvalue weighted by Gasteiger charge is 2.20. The Labute approximate surface area is 180 Å². The number of aromatic nitrogens is 4. The highest BCUT2D eigenvalue weighted by molar-refractivity contribution is 5.82. The summed E-state index contributed by atoms with van der Waals surface area (Å²) in [6, 6.07) is 4.27. The minimum Gasteiger partial charge on any atom is -0.382 e. The van der Waals surface area contributed by atoms with Crippen molar-refractivity contribution in [3.63, 3.8) is 0 Å². The third-order valence-electron chi connectivity index (χ3n) is 5.80. The van der Waals surface area contributed by atoms with Crippen molar-refractivity contribution in [1.82, 2.24) is 19.5 Å². The van der Waals surface area contributed by atoms with Crippen LogP contribution in [0.5, 0.6) is 0 Å². The molecule has 0 radical (unpaired) electrons. The van der Waals surface area contributed by atoms with Crippen LogP contribution in [0.3, 0.4) is 0 Å². The average Bonchev–Trinajstić information content (AvgIpc) is 3.31. The van der Waals surface area contributed by atoms with Gasteiger partial charge in [0.25, 0.3) is 0 Å². The first-order valence-corrected chi connectivity index (χ1v) is 10.5. The monoisotopic (exact) mass is 420 g/mol. The summed E-state index contributed by atoms with van der Waals surface area (Å²) in [5.74, 6) is 3.22. The fourth-order valence-corrected chi connectivity index (χ4v) is 4.28. The number of benzene rings is 1. The molecule has 0 saturated heterocycles. The minimum atomic E-state index is -0.881. The number of terminal acetylenes is 1. The third kappa shape index (κ3) is 4.36. The molecule has 0 unspecified atom stereocenters. The molecule has 3 aromatic rings. The molecular weight excluding hydrogens is 395 g/mol. The van der Waals surface area contributed by atoms with Crippen molar-refractivity contribution >= 4 is 22.9 Å². The van der Waals surface area contributed by atoms with Gasteiger partial charge in [0.1, 0.15) is 5.82 Å². The molecule has 4 rings (SSSR count). The fraction of sp³-hybridized carbons (Fsp3) is 0.391. The van der Waals surface area contributed by atoms with Gasteiger partial charge < -0.3 is 16.0 Å². The van der Waals surface area contributed by atoms with E-state index in [-0.39, 0.29) is 11.7 Å². The maximum Gasteiger partial charge on any atom is 0.312 e. The van der Waals surface area contributed by atoms with Gasteiger partial charge in [-0.1, -0.05) is 18.4 Å². The smallest absolute Gasteiger partial charge is 0.312 e. The Morgan fingerprint density at radius 1 is 1.16 bits per heavy atom. The van der Waals surface area contributed by atoms with Gasteiger partial charge in [-0.2, -0.15) is 14.4 Å². The van der Waals surface area contributed by atoms with E-state index in [1.165, 1.54) is 11.1 Å². The Bertz CT molecular complexity index is 1190. The van der Waals surface area contributed by atoms with Crippen molar-refractivity contribution in [3.05, 3.63) is 46.3 Å². The topological polar surface area (TPSA) is 113 Å². The number of anilines is 1. The Hall–Kier alpha value is -3.47. The molecule has 0 atom stereocenters. The van der Waals surface area contributed by atoms with Gasteiger partial charge in [0, 0.05) is 24.9 Å². The first-order valence-electron chi connectivity index (χ1n) is 10.5. The van der Waals surface area contributed by atoms with E-state index in [1.54, 1.807) is 0 Å². The molecule has 0 aliphatic heterocycles. The Balaban J connectivity index is 1.68. The summed E-state index contributed by atoms with van der Waals surface area (Å²) in [5.41, 5.74) is 16.4. The number of fused-ring (bicyclic) bond motifs is 2. The van der Waals surface area contributed by atoms with Crippen molar-refractivity contribution in [2.45, 2.75) is 57.9 Å². The second-order valence-electron chi connectivity index (χ2n) is 7.96. The number of imidazole rings is 1. The van der Waals surface area contributed by atoms with Gasteiger partial charge in [-0.3, -0.25) is 4.79 Å². The molecule has 8 heteroatoms. The highest BCUT2D eigenvalue weighted by Crippen LogP contribution is 2.28. The molecule has 31 heavy (non-hydrogen) atoms.